The molecule has 0 fully saturated rings. The van der Waals surface area contributed by atoms with Crippen LogP contribution in [0.25, 0.3) is 0 Å². The summed E-state index contributed by atoms with van der Waals surface area (Å²) in [5.74, 6) is 0.891. The minimum atomic E-state index is -0.332. The third-order valence-corrected chi connectivity index (χ3v) is 3.57. The van der Waals surface area contributed by atoms with Gasteiger partial charge in [-0.2, -0.15) is 0 Å². The molecule has 1 atom stereocenters. The summed E-state index contributed by atoms with van der Waals surface area (Å²) in [6, 6.07) is 7.87. The number of unbranched alkanes of at least 4 members (excludes halogenated alkanes) is 5. The Morgan fingerprint density at radius 3 is 2.20 bits per heavy atom. The topological polar surface area (TPSA) is 29.5 Å². The highest BCUT2D eigenvalue weighted by Crippen LogP contribution is 2.22. The molecule has 0 spiro atoms. The average Bonchev–Trinajstić information content (AvgIpc) is 2.49. The van der Waals surface area contributed by atoms with Crippen molar-refractivity contribution in [2.24, 2.45) is 0 Å². The van der Waals surface area contributed by atoms with Crippen LogP contribution < -0.4 is 4.74 Å². The van der Waals surface area contributed by atoms with Gasteiger partial charge in [0.05, 0.1) is 12.7 Å². The predicted molar refractivity (Wildman–Crippen MR) is 85.2 cm³/mol. The Kier molecular flexibility index (Phi) is 9.14. The van der Waals surface area contributed by atoms with Crippen LogP contribution in [0.15, 0.2) is 24.3 Å². The molecule has 0 aliphatic carbocycles. The lowest BCUT2D eigenvalue weighted by molar-refractivity contribution is 0.163. The number of hydrogen-bond donors (Lipinski definition) is 1. The van der Waals surface area contributed by atoms with E-state index in [0.717, 1.165) is 37.2 Å². The Labute approximate surface area is 124 Å². The minimum Gasteiger partial charge on any atom is -0.494 e. The molecule has 2 nitrogen and oxygen atoms in total. The van der Waals surface area contributed by atoms with Gasteiger partial charge in [0.2, 0.25) is 0 Å². The van der Waals surface area contributed by atoms with Crippen molar-refractivity contribution in [1.29, 1.82) is 0 Å². The van der Waals surface area contributed by atoms with Gasteiger partial charge in [0.1, 0.15) is 5.75 Å². The van der Waals surface area contributed by atoms with Crippen LogP contribution in [0.3, 0.4) is 0 Å². The predicted octanol–water partition coefficient (Wildman–Crippen LogP) is 5.26. The minimum absolute atomic E-state index is 0.332. The number of ether oxygens (including phenoxy) is 1. The highest BCUT2D eigenvalue weighted by molar-refractivity contribution is 5.28. The summed E-state index contributed by atoms with van der Waals surface area (Å²) in [6.45, 7) is 5.08. The summed E-state index contributed by atoms with van der Waals surface area (Å²) in [5.41, 5.74) is 1.00. The zero-order valence-electron chi connectivity index (χ0n) is 13.1. The summed E-state index contributed by atoms with van der Waals surface area (Å²) in [4.78, 5) is 0. The summed E-state index contributed by atoms with van der Waals surface area (Å²) in [6.07, 6.45) is 9.13. The normalized spacial score (nSPS) is 12.3. The lowest BCUT2D eigenvalue weighted by Gasteiger charge is -2.12. The molecule has 0 radical (unpaired) electrons. The Balaban J connectivity index is 2.23. The largest absolute Gasteiger partial charge is 0.494 e. The highest BCUT2D eigenvalue weighted by atomic mass is 16.5. The number of benzene rings is 1. The van der Waals surface area contributed by atoms with Crippen molar-refractivity contribution in [3.63, 3.8) is 0 Å². The maximum Gasteiger partial charge on any atom is 0.119 e. The van der Waals surface area contributed by atoms with E-state index in [1.54, 1.807) is 0 Å². The van der Waals surface area contributed by atoms with Gasteiger partial charge in [-0.15, -0.1) is 0 Å². The van der Waals surface area contributed by atoms with Gasteiger partial charge < -0.3 is 9.84 Å². The monoisotopic (exact) mass is 278 g/mol. The van der Waals surface area contributed by atoms with E-state index in [1.165, 1.54) is 32.1 Å². The molecule has 0 amide bonds. The fourth-order valence-electron chi connectivity index (χ4n) is 2.29. The molecule has 1 rings (SSSR count). The van der Waals surface area contributed by atoms with Crippen LogP contribution in [0.5, 0.6) is 5.75 Å². The lowest BCUT2D eigenvalue weighted by atomic mass is 10.0. The molecule has 0 aromatic heterocycles. The molecule has 1 unspecified atom stereocenters. The first-order chi connectivity index (χ1) is 9.77. The SMILES string of the molecule is CCCCCCCCC(O)c1ccc(OCCC)cc1. The highest BCUT2D eigenvalue weighted by Gasteiger charge is 2.07. The van der Waals surface area contributed by atoms with Gasteiger partial charge in [-0.1, -0.05) is 64.5 Å². The molecule has 20 heavy (non-hydrogen) atoms. The van der Waals surface area contributed by atoms with E-state index in [9.17, 15) is 5.11 Å². The fraction of sp³-hybridized carbons (Fsp3) is 0.667. The maximum atomic E-state index is 10.1. The maximum absolute atomic E-state index is 10.1. The van der Waals surface area contributed by atoms with Crippen molar-refractivity contribution < 1.29 is 9.84 Å². The lowest BCUT2D eigenvalue weighted by Crippen LogP contribution is -1.99. The Hall–Kier alpha value is -1.02. The summed E-state index contributed by atoms with van der Waals surface area (Å²) in [5, 5.41) is 10.1. The number of hydrogen-bond acceptors (Lipinski definition) is 2. The zero-order chi connectivity index (χ0) is 14.6. The molecule has 0 bridgehead atoms. The van der Waals surface area contributed by atoms with E-state index in [2.05, 4.69) is 13.8 Å². The van der Waals surface area contributed by atoms with Crippen LogP contribution in [-0.4, -0.2) is 11.7 Å². The van der Waals surface area contributed by atoms with Crippen molar-refractivity contribution in [3.05, 3.63) is 29.8 Å². The second kappa shape index (κ2) is 10.7. The van der Waals surface area contributed by atoms with E-state index in [4.69, 9.17) is 4.74 Å². The fourth-order valence-corrected chi connectivity index (χ4v) is 2.29. The molecule has 0 aliphatic rings. The molecule has 0 saturated heterocycles. The molecule has 1 N–H and O–H groups in total. The van der Waals surface area contributed by atoms with Crippen molar-refractivity contribution in [3.8, 4) is 5.75 Å². The van der Waals surface area contributed by atoms with E-state index in [0.29, 0.717) is 0 Å². The Bertz CT molecular complexity index is 332. The number of rotatable bonds is 11. The molecular formula is C18H30O2. The van der Waals surface area contributed by atoms with Crippen molar-refractivity contribution in [2.75, 3.05) is 6.61 Å². The molecular weight excluding hydrogens is 248 g/mol. The molecule has 0 aliphatic heterocycles. The van der Waals surface area contributed by atoms with Crippen molar-refractivity contribution in [1.82, 2.24) is 0 Å². The van der Waals surface area contributed by atoms with E-state index in [1.807, 2.05) is 24.3 Å². The van der Waals surface area contributed by atoms with Crippen LogP contribution >= 0.6 is 0 Å². The van der Waals surface area contributed by atoms with Crippen molar-refractivity contribution >= 4 is 0 Å². The van der Waals surface area contributed by atoms with E-state index in [-0.39, 0.29) is 6.10 Å². The molecule has 114 valence electrons. The first-order valence-corrected chi connectivity index (χ1v) is 8.18. The van der Waals surface area contributed by atoms with Crippen LogP contribution in [0, 0.1) is 0 Å². The third kappa shape index (κ3) is 6.95. The number of aliphatic hydroxyl groups is 1. The third-order valence-electron chi connectivity index (χ3n) is 3.57. The smallest absolute Gasteiger partial charge is 0.119 e. The molecule has 1 aromatic carbocycles. The summed E-state index contributed by atoms with van der Waals surface area (Å²) < 4.78 is 5.54. The molecule has 0 heterocycles. The van der Waals surface area contributed by atoms with Crippen molar-refractivity contribution in [2.45, 2.75) is 71.3 Å². The summed E-state index contributed by atoms with van der Waals surface area (Å²) in [7, 11) is 0. The van der Waals surface area contributed by atoms with Gasteiger partial charge in [-0.3, -0.25) is 0 Å². The van der Waals surface area contributed by atoms with E-state index >= 15 is 0 Å². The van der Waals surface area contributed by atoms with Gasteiger partial charge >= 0.3 is 0 Å². The zero-order valence-corrected chi connectivity index (χ0v) is 13.1. The average molecular weight is 278 g/mol. The second-order valence-electron chi connectivity index (χ2n) is 5.49. The summed E-state index contributed by atoms with van der Waals surface area (Å²) >= 11 is 0. The molecule has 2 heteroatoms. The van der Waals surface area contributed by atoms with Gasteiger partial charge in [0.25, 0.3) is 0 Å². The van der Waals surface area contributed by atoms with Gasteiger partial charge in [-0.25, -0.2) is 0 Å². The molecule has 0 saturated carbocycles. The van der Waals surface area contributed by atoms with Gasteiger partial charge in [-0.05, 0) is 30.5 Å². The Morgan fingerprint density at radius 1 is 0.900 bits per heavy atom. The van der Waals surface area contributed by atoms with Crippen LogP contribution in [-0.2, 0) is 0 Å². The first kappa shape index (κ1) is 17.0. The number of aliphatic hydroxyl groups excluding tert-OH is 1. The van der Waals surface area contributed by atoms with Gasteiger partial charge in [0, 0.05) is 0 Å². The van der Waals surface area contributed by atoms with E-state index < -0.39 is 0 Å². The van der Waals surface area contributed by atoms with Crippen LogP contribution in [0.1, 0.15) is 76.9 Å². The Morgan fingerprint density at radius 2 is 1.55 bits per heavy atom. The van der Waals surface area contributed by atoms with Crippen LogP contribution in [0.2, 0.25) is 0 Å². The van der Waals surface area contributed by atoms with Gasteiger partial charge in [0.15, 0.2) is 0 Å². The standard InChI is InChI=1S/C18H30O2/c1-3-5-6-7-8-9-10-18(19)16-11-13-17(14-12-16)20-15-4-2/h11-14,18-19H,3-10,15H2,1-2H3. The second-order valence-corrected chi connectivity index (χ2v) is 5.49. The van der Waals surface area contributed by atoms with Crippen LogP contribution in [0.4, 0.5) is 0 Å². The quantitative estimate of drug-likeness (QED) is 0.559. The molecule has 1 aromatic rings. The first-order valence-electron chi connectivity index (χ1n) is 8.18.